The predicted octanol–water partition coefficient (Wildman–Crippen LogP) is 8.99. The average molecular weight is 795 g/mol. The molecule has 0 bridgehead atoms. The number of rotatable bonds is 6. The van der Waals surface area contributed by atoms with Crippen molar-refractivity contribution in [3.8, 4) is 11.3 Å². The number of ether oxygens (including phenoxy) is 1. The van der Waals surface area contributed by atoms with Gasteiger partial charge >= 0.3 is 0 Å². The van der Waals surface area contributed by atoms with E-state index in [-0.39, 0.29) is 45.3 Å². The Hall–Kier alpha value is -5.23. The summed E-state index contributed by atoms with van der Waals surface area (Å²) < 4.78 is 26.5. The van der Waals surface area contributed by atoms with Gasteiger partial charge in [-0.25, -0.2) is 9.37 Å². The molecule has 5 heterocycles. The average Bonchev–Trinajstić information content (AvgIpc) is 3.56. The molecule has 0 unspecified atom stereocenters. The van der Waals surface area contributed by atoms with Crippen LogP contribution < -0.4 is 20.4 Å². The number of carbonyl (C=O) groups is 3. The van der Waals surface area contributed by atoms with Crippen LogP contribution in [-0.2, 0) is 24.0 Å². The quantitative estimate of drug-likeness (QED) is 0.176. The monoisotopic (exact) mass is 793 g/mol. The molecule has 0 radical (unpaired) electrons. The summed E-state index contributed by atoms with van der Waals surface area (Å²) in [5.41, 5.74) is 5.58. The van der Waals surface area contributed by atoms with E-state index in [4.69, 9.17) is 37.3 Å². The number of halogens is 3. The van der Waals surface area contributed by atoms with Gasteiger partial charge in [-0.3, -0.25) is 14.4 Å². The van der Waals surface area contributed by atoms with Crippen LogP contribution in [0.2, 0.25) is 10.0 Å². The topological polar surface area (TPSA) is 117 Å². The highest BCUT2D eigenvalue weighted by atomic mass is 35.5. The van der Waals surface area contributed by atoms with Crippen molar-refractivity contribution in [3.05, 3.63) is 122 Å². The van der Waals surface area contributed by atoms with E-state index in [0.29, 0.717) is 45.8 Å². The number of hydrogen-bond donors (Lipinski definition) is 2. The number of anilines is 4. The molecule has 9 rings (SSSR count). The number of aryl methyl sites for hydroxylation is 2. The van der Waals surface area contributed by atoms with E-state index < -0.39 is 11.7 Å². The summed E-state index contributed by atoms with van der Waals surface area (Å²) in [6.45, 7) is 3.45. The van der Waals surface area contributed by atoms with Crippen LogP contribution in [0.25, 0.3) is 11.3 Å². The van der Waals surface area contributed by atoms with Crippen LogP contribution in [0.15, 0.2) is 77.2 Å². The molecule has 2 N–H and O–H groups in total. The number of nitrogens with zero attached hydrogens (tertiary/aromatic N) is 3. The number of benzene rings is 3. The molecular formula is C43H38Cl2FN5O5. The summed E-state index contributed by atoms with van der Waals surface area (Å²) in [6, 6.07) is 19.3. The van der Waals surface area contributed by atoms with Crippen molar-refractivity contribution in [1.29, 1.82) is 0 Å². The third-order valence-corrected chi connectivity index (χ3v) is 12.0. The molecule has 3 aliphatic heterocycles. The minimum absolute atomic E-state index is 0.0186. The zero-order chi connectivity index (χ0) is 38.6. The fraction of sp³-hybridized carbons (Fsp3) is 0.302. The normalized spacial score (nSPS) is 16.9. The Bertz CT molecular complexity index is 2360. The maximum absolute atomic E-state index is 14.8. The molecule has 0 atom stereocenters. The molecule has 2 aromatic heterocycles. The van der Waals surface area contributed by atoms with Crippen molar-refractivity contribution in [3.63, 3.8) is 0 Å². The van der Waals surface area contributed by atoms with Crippen LogP contribution in [-0.4, -0.2) is 55.6 Å². The minimum atomic E-state index is -0.556. The maximum atomic E-state index is 14.8. The third kappa shape index (κ3) is 6.82. The van der Waals surface area contributed by atoms with Crippen molar-refractivity contribution >= 4 is 63.8 Å². The number of carbonyl (C=O) groups excluding carboxylic acids is 3. The summed E-state index contributed by atoms with van der Waals surface area (Å²) in [4.78, 5) is 50.0. The molecule has 286 valence electrons. The van der Waals surface area contributed by atoms with Gasteiger partial charge in [-0.15, -0.1) is 0 Å². The highest BCUT2D eigenvalue weighted by Gasteiger charge is 2.45. The third-order valence-electron chi connectivity index (χ3n) is 11.4. The van der Waals surface area contributed by atoms with Gasteiger partial charge in [0.1, 0.15) is 17.4 Å². The van der Waals surface area contributed by atoms with Crippen LogP contribution in [0.1, 0.15) is 73.8 Å². The molecule has 1 spiro atoms. The smallest absolute Gasteiger partial charge is 0.291 e. The fourth-order valence-electron chi connectivity index (χ4n) is 8.35. The highest BCUT2D eigenvalue weighted by Crippen LogP contribution is 2.44. The Morgan fingerprint density at radius 1 is 0.821 bits per heavy atom. The number of nitrogens with one attached hydrogen (secondary N) is 2. The molecule has 56 heavy (non-hydrogen) atoms. The van der Waals surface area contributed by atoms with Gasteiger partial charge in [0.15, 0.2) is 5.76 Å². The van der Waals surface area contributed by atoms with Crippen LogP contribution in [0.3, 0.4) is 0 Å². The van der Waals surface area contributed by atoms with Gasteiger partial charge < -0.3 is 29.6 Å². The summed E-state index contributed by atoms with van der Waals surface area (Å²) in [7, 11) is 0. The van der Waals surface area contributed by atoms with Crippen molar-refractivity contribution in [2.24, 2.45) is 5.41 Å². The molecule has 3 amide bonds. The van der Waals surface area contributed by atoms with Crippen LogP contribution in [0.4, 0.5) is 27.3 Å². The second-order valence-corrected chi connectivity index (χ2v) is 15.9. The van der Waals surface area contributed by atoms with E-state index in [9.17, 15) is 18.8 Å². The van der Waals surface area contributed by atoms with E-state index in [1.807, 2.05) is 6.07 Å². The van der Waals surface area contributed by atoms with Crippen molar-refractivity contribution in [2.75, 3.05) is 53.3 Å². The van der Waals surface area contributed by atoms with E-state index in [2.05, 4.69) is 15.5 Å². The Balaban J connectivity index is 0.933. The summed E-state index contributed by atoms with van der Waals surface area (Å²) >= 11 is 12.5. The lowest BCUT2D eigenvalue weighted by atomic mass is 9.73. The van der Waals surface area contributed by atoms with E-state index >= 15 is 0 Å². The maximum Gasteiger partial charge on any atom is 0.291 e. The van der Waals surface area contributed by atoms with Gasteiger partial charge in [-0.1, -0.05) is 29.3 Å². The van der Waals surface area contributed by atoms with Crippen molar-refractivity contribution in [1.82, 2.24) is 4.98 Å². The van der Waals surface area contributed by atoms with Gasteiger partial charge in [-0.2, -0.15) is 0 Å². The van der Waals surface area contributed by atoms with Crippen LogP contribution in [0, 0.1) is 11.2 Å². The minimum Gasteiger partial charge on any atom is -0.451 e. The number of pyridine rings is 1. The van der Waals surface area contributed by atoms with E-state index in [1.165, 1.54) is 23.1 Å². The molecular weight excluding hydrogens is 756 g/mol. The first-order valence-electron chi connectivity index (χ1n) is 18.9. The highest BCUT2D eigenvalue weighted by molar-refractivity contribution is 6.40. The van der Waals surface area contributed by atoms with E-state index in [1.54, 1.807) is 48.5 Å². The standard InChI is InChI=1S/C43H38Cl2FN5O5/c44-32-5-3-6-33(45)37(32)49-41(53)36-21-27-14-17-51(35-22-28(46)10-13-30(35)38(27)56-36)42(54)25-8-11-29(12-9-25)47-40(52)31-20-26-4-1-2-7-34(26)48-39(31)50-23-43(24-50)15-18-55-19-16-43/h3,5-6,8-13,20-22H,1-2,4,7,14-19,23-24H2,(H,47,52)(H,49,53). The summed E-state index contributed by atoms with van der Waals surface area (Å²) in [6.07, 6.45) is 6.36. The molecule has 2 saturated heterocycles. The molecule has 3 aromatic carbocycles. The summed E-state index contributed by atoms with van der Waals surface area (Å²) in [5.74, 6) is -0.575. The zero-order valence-corrected chi connectivity index (χ0v) is 31.9. The second kappa shape index (κ2) is 14.7. The van der Waals surface area contributed by atoms with Gasteiger partial charge in [-0.05, 0) is 117 Å². The lowest BCUT2D eigenvalue weighted by Crippen LogP contribution is -2.59. The fourth-order valence-corrected chi connectivity index (χ4v) is 8.84. The molecule has 4 aliphatic rings. The SMILES string of the molecule is O=C(Nc1c(Cl)cccc1Cl)c1cc2c(o1)-c1ccc(F)cc1N(C(=O)c1ccc(NC(=O)c3cc4c(nc3N3CC5(CCOCC5)C3)CCCC4)cc1)CC2. The Labute approximate surface area is 332 Å². The number of para-hydroxylation sites is 1. The van der Waals surface area contributed by atoms with Crippen molar-refractivity contribution in [2.45, 2.75) is 44.9 Å². The number of furan rings is 1. The first-order valence-corrected chi connectivity index (χ1v) is 19.7. The molecule has 10 nitrogen and oxygen atoms in total. The van der Waals surface area contributed by atoms with Gasteiger partial charge in [0.2, 0.25) is 0 Å². The first kappa shape index (κ1) is 36.4. The number of fused-ring (bicyclic) bond motifs is 4. The van der Waals surface area contributed by atoms with Gasteiger partial charge in [0.05, 0.1) is 27.0 Å². The number of aromatic nitrogens is 1. The first-order chi connectivity index (χ1) is 27.1. The number of hydrogen-bond acceptors (Lipinski definition) is 7. The molecule has 2 fully saturated rings. The van der Waals surface area contributed by atoms with E-state index in [0.717, 1.165) is 81.9 Å². The second-order valence-electron chi connectivity index (χ2n) is 15.1. The lowest BCUT2D eigenvalue weighted by molar-refractivity contribution is -0.000525. The Kier molecular flexibility index (Phi) is 9.55. The lowest BCUT2D eigenvalue weighted by Gasteiger charge is -2.53. The Morgan fingerprint density at radius 3 is 2.34 bits per heavy atom. The van der Waals surface area contributed by atoms with Gasteiger partial charge in [0.25, 0.3) is 17.7 Å². The predicted molar refractivity (Wildman–Crippen MR) is 214 cm³/mol. The Morgan fingerprint density at radius 2 is 1.57 bits per heavy atom. The summed E-state index contributed by atoms with van der Waals surface area (Å²) in [5, 5.41) is 6.30. The van der Waals surface area contributed by atoms with Gasteiger partial charge in [0, 0.05) is 66.3 Å². The molecule has 13 heteroatoms. The molecule has 0 saturated carbocycles. The largest absolute Gasteiger partial charge is 0.451 e. The molecule has 1 aliphatic carbocycles. The van der Waals surface area contributed by atoms with Crippen LogP contribution >= 0.6 is 23.2 Å². The van der Waals surface area contributed by atoms with Crippen LogP contribution in [0.5, 0.6) is 0 Å². The molecule has 5 aromatic rings. The van der Waals surface area contributed by atoms with Crippen molar-refractivity contribution < 1.29 is 27.9 Å². The zero-order valence-electron chi connectivity index (χ0n) is 30.4. The number of amides is 3.